The lowest BCUT2D eigenvalue weighted by Gasteiger charge is -2.20. The summed E-state index contributed by atoms with van der Waals surface area (Å²) in [5.41, 5.74) is 7.33. The Bertz CT molecular complexity index is 445. The highest BCUT2D eigenvalue weighted by Crippen LogP contribution is 2.35. The van der Waals surface area contributed by atoms with Gasteiger partial charge in [-0.15, -0.1) is 11.3 Å². The number of nitrogens with two attached hydrogens (primary N) is 1. The molecule has 1 saturated heterocycles. The molecule has 3 rings (SSSR count). The first-order valence-corrected chi connectivity index (χ1v) is 8.10. The van der Waals surface area contributed by atoms with Crippen molar-refractivity contribution in [2.75, 3.05) is 38.6 Å². The summed E-state index contributed by atoms with van der Waals surface area (Å²) in [5, 5.41) is 1.16. The third kappa shape index (κ3) is 2.78. The van der Waals surface area contributed by atoms with Crippen LogP contribution in [0.4, 0.5) is 5.13 Å². The predicted molar refractivity (Wildman–Crippen MR) is 80.9 cm³/mol. The lowest BCUT2D eigenvalue weighted by atomic mass is 9.99. The lowest BCUT2D eigenvalue weighted by Crippen LogP contribution is -2.27. The maximum Gasteiger partial charge on any atom is 0.185 e. The highest BCUT2D eigenvalue weighted by molar-refractivity contribution is 7.15. The predicted octanol–water partition coefficient (Wildman–Crippen LogP) is 1.87. The van der Waals surface area contributed by atoms with Gasteiger partial charge in [-0.1, -0.05) is 0 Å². The van der Waals surface area contributed by atoms with Crippen LogP contribution < -0.4 is 10.6 Å². The number of nitrogens with zero attached hydrogens (tertiary/aromatic N) is 3. The molecule has 0 amide bonds. The van der Waals surface area contributed by atoms with Crippen molar-refractivity contribution < 1.29 is 0 Å². The van der Waals surface area contributed by atoms with Gasteiger partial charge in [0.1, 0.15) is 0 Å². The summed E-state index contributed by atoms with van der Waals surface area (Å²) in [5.74, 6) is 0.782. The quantitative estimate of drug-likeness (QED) is 0.918. The van der Waals surface area contributed by atoms with Crippen LogP contribution in [0.5, 0.6) is 0 Å². The summed E-state index contributed by atoms with van der Waals surface area (Å²) in [6, 6.07) is 0.166. The van der Waals surface area contributed by atoms with Crippen molar-refractivity contribution in [1.82, 2.24) is 9.88 Å². The largest absolute Gasteiger partial charge is 0.351 e. The molecule has 2 heterocycles. The number of aromatic nitrogens is 1. The second-order valence-corrected chi connectivity index (χ2v) is 7.16. The van der Waals surface area contributed by atoms with Gasteiger partial charge in [0.05, 0.1) is 5.69 Å². The summed E-state index contributed by atoms with van der Waals surface area (Å²) >= 11 is 1.85. The smallest absolute Gasteiger partial charge is 0.185 e. The molecule has 5 heteroatoms. The zero-order valence-corrected chi connectivity index (χ0v) is 12.7. The Morgan fingerprint density at radius 2 is 2.32 bits per heavy atom. The van der Waals surface area contributed by atoms with E-state index in [4.69, 9.17) is 10.7 Å². The fraction of sp³-hybridized carbons (Fsp3) is 0.786. The number of likely N-dealkylation sites (tertiary alicyclic amines) is 1. The number of thiazole rings is 1. The average Bonchev–Trinajstić information content (AvgIpc) is 2.96. The molecule has 106 valence electrons. The molecule has 2 N–H and O–H groups in total. The first-order valence-electron chi connectivity index (χ1n) is 7.28. The van der Waals surface area contributed by atoms with Gasteiger partial charge >= 0.3 is 0 Å². The van der Waals surface area contributed by atoms with Gasteiger partial charge in [0, 0.05) is 31.1 Å². The van der Waals surface area contributed by atoms with Crippen LogP contribution in [0, 0.1) is 5.92 Å². The maximum atomic E-state index is 6.16. The Kier molecular flexibility index (Phi) is 3.78. The van der Waals surface area contributed by atoms with Crippen molar-refractivity contribution in [3.63, 3.8) is 0 Å². The van der Waals surface area contributed by atoms with E-state index in [1.54, 1.807) is 0 Å². The van der Waals surface area contributed by atoms with E-state index < -0.39 is 0 Å². The van der Waals surface area contributed by atoms with Crippen LogP contribution in [0.25, 0.3) is 0 Å². The molecule has 2 aliphatic rings. The summed E-state index contributed by atoms with van der Waals surface area (Å²) in [6.07, 6.45) is 4.78. The molecular formula is C14H24N4S. The van der Waals surface area contributed by atoms with E-state index in [9.17, 15) is 0 Å². The average molecular weight is 280 g/mol. The number of rotatable bonds is 3. The minimum Gasteiger partial charge on any atom is -0.351 e. The van der Waals surface area contributed by atoms with Gasteiger partial charge in [0.15, 0.2) is 5.13 Å². The highest BCUT2D eigenvalue weighted by Gasteiger charge is 2.25. The molecule has 2 atom stereocenters. The first kappa shape index (κ1) is 13.3. The van der Waals surface area contributed by atoms with Crippen molar-refractivity contribution in [1.29, 1.82) is 0 Å². The van der Waals surface area contributed by atoms with Gasteiger partial charge in [0.25, 0.3) is 0 Å². The van der Waals surface area contributed by atoms with E-state index in [1.807, 2.05) is 11.3 Å². The first-order chi connectivity index (χ1) is 9.13. The zero-order valence-electron chi connectivity index (χ0n) is 11.9. The number of fused-ring (bicyclic) bond motifs is 1. The van der Waals surface area contributed by atoms with Crippen molar-refractivity contribution in [3.05, 3.63) is 10.6 Å². The SMILES string of the molecule is CN1CCC(CN(C)c2nc3c(s2)CCCC3N)C1. The molecule has 0 radical (unpaired) electrons. The highest BCUT2D eigenvalue weighted by atomic mass is 32.1. The van der Waals surface area contributed by atoms with Crippen molar-refractivity contribution in [2.24, 2.45) is 11.7 Å². The summed E-state index contributed by atoms with van der Waals surface area (Å²) in [4.78, 5) is 11.0. The fourth-order valence-corrected chi connectivity index (χ4v) is 4.39. The van der Waals surface area contributed by atoms with Crippen molar-refractivity contribution in [3.8, 4) is 0 Å². The molecule has 1 aliphatic heterocycles. The standard InChI is InChI=1S/C14H24N4S/c1-17-7-6-10(8-17)9-18(2)14-16-13-11(15)4-3-5-12(13)19-14/h10-11H,3-9,15H2,1-2H3. The Labute approximate surface area is 119 Å². The Morgan fingerprint density at radius 3 is 3.00 bits per heavy atom. The van der Waals surface area contributed by atoms with E-state index in [1.165, 1.54) is 42.9 Å². The number of hydrogen-bond acceptors (Lipinski definition) is 5. The fourth-order valence-electron chi connectivity index (χ4n) is 3.24. The van der Waals surface area contributed by atoms with Crippen LogP contribution in [-0.2, 0) is 6.42 Å². The molecule has 4 nitrogen and oxygen atoms in total. The number of anilines is 1. The minimum atomic E-state index is 0.166. The molecule has 0 spiro atoms. The van der Waals surface area contributed by atoms with Crippen molar-refractivity contribution in [2.45, 2.75) is 31.7 Å². The molecule has 1 fully saturated rings. The van der Waals surface area contributed by atoms with Gasteiger partial charge in [-0.05, 0) is 45.2 Å². The monoisotopic (exact) mass is 280 g/mol. The van der Waals surface area contributed by atoms with Gasteiger partial charge in [0.2, 0.25) is 0 Å². The van der Waals surface area contributed by atoms with Gasteiger partial charge in [-0.2, -0.15) is 0 Å². The van der Waals surface area contributed by atoms with E-state index >= 15 is 0 Å². The minimum absolute atomic E-state index is 0.166. The van der Waals surface area contributed by atoms with E-state index in [-0.39, 0.29) is 6.04 Å². The third-order valence-corrected chi connectivity index (χ3v) is 5.58. The lowest BCUT2D eigenvalue weighted by molar-refractivity contribution is 0.396. The second kappa shape index (κ2) is 5.38. The summed E-state index contributed by atoms with van der Waals surface area (Å²) in [7, 11) is 4.38. The van der Waals surface area contributed by atoms with Gasteiger partial charge in [-0.25, -0.2) is 4.98 Å². The van der Waals surface area contributed by atoms with Crippen LogP contribution in [0.3, 0.4) is 0 Å². The Balaban J connectivity index is 1.68. The topological polar surface area (TPSA) is 45.4 Å². The normalized spacial score (nSPS) is 27.5. The molecule has 1 aromatic rings. The summed E-state index contributed by atoms with van der Waals surface area (Å²) in [6.45, 7) is 3.57. The molecular weight excluding hydrogens is 256 g/mol. The maximum absolute atomic E-state index is 6.16. The molecule has 0 aromatic carbocycles. The van der Waals surface area contributed by atoms with E-state index in [0.717, 1.165) is 24.0 Å². The molecule has 1 aromatic heterocycles. The Morgan fingerprint density at radius 1 is 1.47 bits per heavy atom. The molecule has 0 bridgehead atoms. The van der Waals surface area contributed by atoms with Crippen LogP contribution in [0.2, 0.25) is 0 Å². The zero-order chi connectivity index (χ0) is 13.4. The molecule has 19 heavy (non-hydrogen) atoms. The summed E-state index contributed by atoms with van der Waals surface area (Å²) < 4.78 is 0. The molecule has 2 unspecified atom stereocenters. The second-order valence-electron chi connectivity index (χ2n) is 6.10. The van der Waals surface area contributed by atoms with Crippen LogP contribution >= 0.6 is 11.3 Å². The molecule has 1 aliphatic carbocycles. The van der Waals surface area contributed by atoms with Gasteiger partial charge in [-0.3, -0.25) is 0 Å². The van der Waals surface area contributed by atoms with Crippen LogP contribution in [0.15, 0.2) is 0 Å². The number of aryl methyl sites for hydroxylation is 1. The number of hydrogen-bond donors (Lipinski definition) is 1. The Hall–Kier alpha value is -0.650. The van der Waals surface area contributed by atoms with E-state index in [2.05, 4.69) is 23.9 Å². The molecule has 0 saturated carbocycles. The van der Waals surface area contributed by atoms with Crippen molar-refractivity contribution >= 4 is 16.5 Å². The van der Waals surface area contributed by atoms with Gasteiger partial charge < -0.3 is 15.5 Å². The van der Waals surface area contributed by atoms with Crippen LogP contribution in [0.1, 0.15) is 35.9 Å². The third-order valence-electron chi connectivity index (χ3n) is 4.33. The van der Waals surface area contributed by atoms with E-state index in [0.29, 0.717) is 0 Å². The van der Waals surface area contributed by atoms with Crippen LogP contribution in [-0.4, -0.2) is 43.6 Å².